The van der Waals surface area contributed by atoms with Gasteiger partial charge in [-0.1, -0.05) is 48.0 Å². The fourth-order valence-corrected chi connectivity index (χ4v) is 3.20. The van der Waals surface area contributed by atoms with Gasteiger partial charge >= 0.3 is 6.09 Å². The molecule has 2 aromatic rings. The number of amides is 4. The molecule has 4 amide bonds. The Kier molecular flexibility index (Phi) is 10.1. The summed E-state index contributed by atoms with van der Waals surface area (Å²) in [5.74, 6) is -1.66. The monoisotopic (exact) mass is 458 g/mol. The molecule has 9 nitrogen and oxygen atoms in total. The molecule has 170 valence electrons. The summed E-state index contributed by atoms with van der Waals surface area (Å²) in [5, 5.41) is 2.39. The van der Waals surface area contributed by atoms with E-state index in [-0.39, 0.29) is 25.2 Å². The van der Waals surface area contributed by atoms with Gasteiger partial charge in [-0.2, -0.15) is 0 Å². The molecule has 0 fully saturated rings. The molecule has 0 saturated heterocycles. The summed E-state index contributed by atoms with van der Waals surface area (Å²) < 4.78 is 5.10. The number of thioether (sulfide) groups is 1. The van der Waals surface area contributed by atoms with E-state index in [1.165, 1.54) is 11.8 Å². The number of aryl methyl sites for hydroxylation is 1. The lowest BCUT2D eigenvalue weighted by atomic mass is 10.1. The van der Waals surface area contributed by atoms with E-state index in [0.717, 1.165) is 16.0 Å². The minimum Gasteiger partial charge on any atom is -0.445 e. The smallest absolute Gasteiger partial charge is 0.408 e. The molecule has 0 saturated carbocycles. The summed E-state index contributed by atoms with van der Waals surface area (Å²) in [5.41, 5.74) is 11.6. The summed E-state index contributed by atoms with van der Waals surface area (Å²) in [7, 11) is 0. The summed E-state index contributed by atoms with van der Waals surface area (Å²) in [6.45, 7) is 1.99. The quantitative estimate of drug-likeness (QED) is 0.316. The standard InChI is InChI=1S/C22H26N4O5S/c1-15-7-9-17(10-8-15)32-14-20(28)25-26-21(29)18(11-12-19(23)27)24-22(30)31-13-16-5-3-2-4-6-16/h2-10,18H,11-14H2,1H3,(H2,23,27)(H,24,30)(H,25,28)(H,26,29)/t18-/m0/s1. The molecule has 0 radical (unpaired) electrons. The second kappa shape index (κ2) is 13.0. The maximum Gasteiger partial charge on any atom is 0.408 e. The summed E-state index contributed by atoms with van der Waals surface area (Å²) in [6, 6.07) is 15.6. The average Bonchev–Trinajstić information content (AvgIpc) is 2.79. The highest BCUT2D eigenvalue weighted by atomic mass is 32.2. The summed E-state index contributed by atoms with van der Waals surface area (Å²) in [4.78, 5) is 48.5. The summed E-state index contributed by atoms with van der Waals surface area (Å²) >= 11 is 1.31. The van der Waals surface area contributed by atoms with Crippen molar-refractivity contribution in [2.24, 2.45) is 5.73 Å². The molecule has 32 heavy (non-hydrogen) atoms. The molecule has 1 atom stereocenters. The number of alkyl carbamates (subject to hydrolysis) is 1. The Morgan fingerprint density at radius 1 is 1.00 bits per heavy atom. The maximum absolute atomic E-state index is 12.4. The van der Waals surface area contributed by atoms with Gasteiger partial charge in [0.2, 0.25) is 11.8 Å². The van der Waals surface area contributed by atoms with Gasteiger partial charge in [0.05, 0.1) is 5.75 Å². The van der Waals surface area contributed by atoms with Gasteiger partial charge in [0.1, 0.15) is 12.6 Å². The summed E-state index contributed by atoms with van der Waals surface area (Å²) in [6.07, 6.45) is -1.01. The van der Waals surface area contributed by atoms with E-state index < -0.39 is 29.9 Å². The van der Waals surface area contributed by atoms with Crippen LogP contribution in [-0.2, 0) is 25.7 Å². The Labute approximate surface area is 190 Å². The van der Waals surface area contributed by atoms with E-state index >= 15 is 0 Å². The molecular weight excluding hydrogens is 432 g/mol. The van der Waals surface area contributed by atoms with Crippen molar-refractivity contribution in [2.75, 3.05) is 5.75 Å². The first-order valence-electron chi connectivity index (χ1n) is 9.87. The molecule has 2 aromatic carbocycles. The number of hydrogen-bond donors (Lipinski definition) is 4. The molecule has 0 unspecified atom stereocenters. The number of nitrogens with two attached hydrogens (primary N) is 1. The molecule has 10 heteroatoms. The Bertz CT molecular complexity index is 922. The van der Waals surface area contributed by atoms with Crippen molar-refractivity contribution in [3.8, 4) is 0 Å². The maximum atomic E-state index is 12.4. The number of primary amides is 1. The third kappa shape index (κ3) is 9.52. The fraction of sp³-hybridized carbons (Fsp3) is 0.273. The number of hydrogen-bond acceptors (Lipinski definition) is 6. The lowest BCUT2D eigenvalue weighted by Crippen LogP contribution is -2.53. The van der Waals surface area contributed by atoms with E-state index in [4.69, 9.17) is 10.5 Å². The predicted molar refractivity (Wildman–Crippen MR) is 120 cm³/mol. The topological polar surface area (TPSA) is 140 Å². The molecule has 0 spiro atoms. The van der Waals surface area contributed by atoms with E-state index in [9.17, 15) is 19.2 Å². The van der Waals surface area contributed by atoms with Crippen LogP contribution in [0.5, 0.6) is 0 Å². The van der Waals surface area contributed by atoms with Gasteiger partial charge in [0.25, 0.3) is 5.91 Å². The molecule has 5 N–H and O–H groups in total. The molecule has 0 bridgehead atoms. The molecule has 0 aliphatic carbocycles. The number of rotatable bonds is 10. The average molecular weight is 459 g/mol. The zero-order valence-corrected chi connectivity index (χ0v) is 18.4. The third-order valence-electron chi connectivity index (χ3n) is 4.22. The first-order chi connectivity index (χ1) is 15.3. The predicted octanol–water partition coefficient (Wildman–Crippen LogP) is 1.80. The Morgan fingerprint density at radius 2 is 1.69 bits per heavy atom. The molecule has 0 aliphatic heterocycles. The van der Waals surface area contributed by atoms with Crippen LogP contribution in [-0.4, -0.2) is 35.6 Å². The molecular formula is C22H26N4O5S. The van der Waals surface area contributed by atoms with Crippen LogP contribution >= 0.6 is 11.8 Å². The van der Waals surface area contributed by atoms with Crippen molar-refractivity contribution in [3.63, 3.8) is 0 Å². The number of nitrogens with one attached hydrogen (secondary N) is 3. The van der Waals surface area contributed by atoms with Gasteiger partial charge in [-0.25, -0.2) is 4.79 Å². The number of carbonyl (C=O) groups is 4. The number of hydrazine groups is 1. The van der Waals surface area contributed by atoms with E-state index in [2.05, 4.69) is 16.2 Å². The van der Waals surface area contributed by atoms with E-state index in [1.54, 1.807) is 24.3 Å². The van der Waals surface area contributed by atoms with E-state index in [0.29, 0.717) is 0 Å². The van der Waals surface area contributed by atoms with Crippen molar-refractivity contribution >= 4 is 35.6 Å². The largest absolute Gasteiger partial charge is 0.445 e. The van der Waals surface area contributed by atoms with Crippen LogP contribution in [0.1, 0.15) is 24.0 Å². The van der Waals surface area contributed by atoms with Gasteiger partial charge in [-0.3, -0.25) is 25.2 Å². The van der Waals surface area contributed by atoms with Gasteiger partial charge in [0.15, 0.2) is 0 Å². The van der Waals surface area contributed by atoms with Crippen molar-refractivity contribution in [1.82, 2.24) is 16.2 Å². The van der Waals surface area contributed by atoms with Crippen LogP contribution in [0.4, 0.5) is 4.79 Å². The SMILES string of the molecule is Cc1ccc(SCC(=O)NNC(=O)[C@H](CCC(N)=O)NC(=O)OCc2ccccc2)cc1. The first-order valence-corrected chi connectivity index (χ1v) is 10.9. The minimum atomic E-state index is -1.11. The molecule has 2 rings (SSSR count). The highest BCUT2D eigenvalue weighted by Gasteiger charge is 2.22. The van der Waals surface area contributed by atoms with Gasteiger partial charge < -0.3 is 15.8 Å². The van der Waals surface area contributed by atoms with Gasteiger partial charge in [-0.05, 0) is 31.0 Å². The van der Waals surface area contributed by atoms with Crippen molar-refractivity contribution in [3.05, 3.63) is 65.7 Å². The van der Waals surface area contributed by atoms with Crippen LogP contribution in [0.2, 0.25) is 0 Å². The zero-order valence-electron chi connectivity index (χ0n) is 17.6. The van der Waals surface area contributed by atoms with Crippen LogP contribution in [0.3, 0.4) is 0 Å². The Hall–Kier alpha value is -3.53. The van der Waals surface area contributed by atoms with Crippen LogP contribution in [0.15, 0.2) is 59.5 Å². The third-order valence-corrected chi connectivity index (χ3v) is 5.23. The fourth-order valence-electron chi connectivity index (χ4n) is 2.50. The zero-order chi connectivity index (χ0) is 23.3. The highest BCUT2D eigenvalue weighted by molar-refractivity contribution is 8.00. The van der Waals surface area contributed by atoms with Gasteiger partial charge in [0, 0.05) is 11.3 Å². The lowest BCUT2D eigenvalue weighted by Gasteiger charge is -2.18. The van der Waals surface area contributed by atoms with Crippen molar-refractivity contribution < 1.29 is 23.9 Å². The Morgan fingerprint density at radius 3 is 2.34 bits per heavy atom. The lowest BCUT2D eigenvalue weighted by molar-refractivity contribution is -0.129. The second-order valence-corrected chi connectivity index (χ2v) is 7.95. The van der Waals surface area contributed by atoms with Crippen molar-refractivity contribution in [2.45, 2.75) is 37.3 Å². The van der Waals surface area contributed by atoms with Gasteiger partial charge in [-0.15, -0.1) is 11.8 Å². The number of benzene rings is 2. The van der Waals surface area contributed by atoms with Crippen LogP contribution in [0, 0.1) is 6.92 Å². The molecule has 0 heterocycles. The van der Waals surface area contributed by atoms with Crippen LogP contribution in [0.25, 0.3) is 0 Å². The van der Waals surface area contributed by atoms with Crippen LogP contribution < -0.4 is 21.9 Å². The highest BCUT2D eigenvalue weighted by Crippen LogP contribution is 2.17. The number of carbonyl (C=O) groups excluding carboxylic acids is 4. The second-order valence-electron chi connectivity index (χ2n) is 6.90. The van der Waals surface area contributed by atoms with E-state index in [1.807, 2.05) is 37.3 Å². The first kappa shape index (κ1) is 24.7. The molecule has 0 aliphatic rings. The normalized spacial score (nSPS) is 11.2. The minimum absolute atomic E-state index is 0.0177. The van der Waals surface area contributed by atoms with Crippen molar-refractivity contribution in [1.29, 1.82) is 0 Å². The number of ether oxygens (including phenoxy) is 1. The molecule has 0 aromatic heterocycles. The Balaban J connectivity index is 1.81.